The van der Waals surface area contributed by atoms with Crippen molar-refractivity contribution < 1.29 is 13.2 Å². The lowest BCUT2D eigenvalue weighted by Gasteiger charge is -2.30. The van der Waals surface area contributed by atoms with Crippen LogP contribution < -0.4 is 5.32 Å². The highest BCUT2D eigenvalue weighted by atomic mass is 79.9. The van der Waals surface area contributed by atoms with Gasteiger partial charge in [-0.2, -0.15) is 0 Å². The lowest BCUT2D eigenvalue weighted by Crippen LogP contribution is -2.42. The highest BCUT2D eigenvalue weighted by Crippen LogP contribution is 2.25. The van der Waals surface area contributed by atoms with Crippen molar-refractivity contribution in [3.8, 4) is 0 Å². The average Bonchev–Trinajstić information content (AvgIpc) is 2.49. The van der Waals surface area contributed by atoms with Crippen LogP contribution >= 0.6 is 15.9 Å². The molecule has 0 spiro atoms. The number of para-hydroxylation sites is 1. The second-order valence-electron chi connectivity index (χ2n) is 5.04. The van der Waals surface area contributed by atoms with Gasteiger partial charge in [-0.3, -0.25) is 4.79 Å². The summed E-state index contributed by atoms with van der Waals surface area (Å²) < 4.78 is 25.9. The zero-order valence-corrected chi connectivity index (χ0v) is 14.3. The quantitative estimate of drug-likeness (QED) is 0.879. The summed E-state index contributed by atoms with van der Waals surface area (Å²) in [6, 6.07) is 7.44. The van der Waals surface area contributed by atoms with Crippen LogP contribution in [0.5, 0.6) is 0 Å². The van der Waals surface area contributed by atoms with Crippen molar-refractivity contribution in [2.24, 2.45) is 5.92 Å². The number of nitrogens with one attached hydrogen (secondary N) is 1. The molecular weight excluding hydrogens is 356 g/mol. The molecule has 0 aromatic heterocycles. The molecule has 116 valence electrons. The number of carbonyl (C=O) groups is 1. The maximum absolute atomic E-state index is 12.2. The van der Waals surface area contributed by atoms with Crippen LogP contribution in [0.1, 0.15) is 19.8 Å². The first-order chi connectivity index (χ1) is 9.94. The van der Waals surface area contributed by atoms with Crippen molar-refractivity contribution in [3.05, 3.63) is 28.7 Å². The fourth-order valence-corrected chi connectivity index (χ4v) is 3.89. The van der Waals surface area contributed by atoms with Crippen molar-refractivity contribution >= 4 is 37.5 Å². The van der Waals surface area contributed by atoms with Crippen LogP contribution in [0.2, 0.25) is 0 Å². The van der Waals surface area contributed by atoms with Gasteiger partial charge in [-0.05, 0) is 47.8 Å². The topological polar surface area (TPSA) is 66.5 Å². The summed E-state index contributed by atoms with van der Waals surface area (Å²) in [7, 11) is -3.14. The van der Waals surface area contributed by atoms with Crippen LogP contribution in [0.25, 0.3) is 0 Å². The van der Waals surface area contributed by atoms with Gasteiger partial charge in [-0.1, -0.05) is 12.1 Å². The Morgan fingerprint density at radius 1 is 1.33 bits per heavy atom. The molecule has 0 aliphatic carbocycles. The van der Waals surface area contributed by atoms with Crippen molar-refractivity contribution in [1.82, 2.24) is 4.31 Å². The molecule has 1 saturated heterocycles. The third-order valence-electron chi connectivity index (χ3n) is 3.71. The highest BCUT2D eigenvalue weighted by Gasteiger charge is 2.30. The Hall–Kier alpha value is -0.920. The summed E-state index contributed by atoms with van der Waals surface area (Å²) in [5.74, 6) is -0.0725. The first-order valence-electron chi connectivity index (χ1n) is 6.97. The van der Waals surface area contributed by atoms with Crippen LogP contribution in [0.4, 0.5) is 5.69 Å². The van der Waals surface area contributed by atoms with E-state index in [4.69, 9.17) is 0 Å². The van der Waals surface area contributed by atoms with E-state index >= 15 is 0 Å². The zero-order valence-electron chi connectivity index (χ0n) is 11.9. The number of anilines is 1. The van der Waals surface area contributed by atoms with Gasteiger partial charge in [0.05, 0.1) is 11.4 Å². The summed E-state index contributed by atoms with van der Waals surface area (Å²) in [5.41, 5.74) is 0.742. The van der Waals surface area contributed by atoms with Gasteiger partial charge in [0.1, 0.15) is 0 Å². The molecule has 1 aliphatic rings. The average molecular weight is 375 g/mol. The second kappa shape index (κ2) is 6.89. The van der Waals surface area contributed by atoms with Gasteiger partial charge in [0.2, 0.25) is 15.9 Å². The Bertz CT molecular complexity index is 610. The Balaban J connectivity index is 1.94. The third kappa shape index (κ3) is 4.05. The van der Waals surface area contributed by atoms with Crippen LogP contribution in [-0.2, 0) is 14.8 Å². The lowest BCUT2D eigenvalue weighted by molar-refractivity contribution is -0.120. The minimum atomic E-state index is -3.14. The molecule has 0 radical (unpaired) electrons. The first kappa shape index (κ1) is 16.5. The highest BCUT2D eigenvalue weighted by molar-refractivity contribution is 9.10. The molecule has 1 aromatic carbocycles. The molecule has 1 aliphatic heterocycles. The molecule has 0 saturated carbocycles. The van der Waals surface area contributed by atoms with Gasteiger partial charge < -0.3 is 5.32 Å². The molecule has 5 nitrogen and oxygen atoms in total. The summed E-state index contributed by atoms with van der Waals surface area (Å²) in [4.78, 5) is 12.2. The van der Waals surface area contributed by atoms with Crippen molar-refractivity contribution in [3.63, 3.8) is 0 Å². The molecule has 0 atom stereocenters. The van der Waals surface area contributed by atoms with Crippen LogP contribution in [0.15, 0.2) is 28.7 Å². The van der Waals surface area contributed by atoms with E-state index in [0.717, 1.165) is 10.2 Å². The molecule has 1 heterocycles. The van der Waals surface area contributed by atoms with E-state index in [1.54, 1.807) is 6.92 Å². The smallest absolute Gasteiger partial charge is 0.227 e. The fourth-order valence-electron chi connectivity index (χ4n) is 2.38. The maximum Gasteiger partial charge on any atom is 0.227 e. The van der Waals surface area contributed by atoms with Crippen molar-refractivity contribution in [2.45, 2.75) is 19.8 Å². The van der Waals surface area contributed by atoms with Gasteiger partial charge >= 0.3 is 0 Å². The second-order valence-corrected chi connectivity index (χ2v) is 8.15. The molecule has 21 heavy (non-hydrogen) atoms. The SMILES string of the molecule is CCS(=O)(=O)N1CCC(C(=O)Nc2ccccc2Br)CC1. The van der Waals surface area contributed by atoms with Gasteiger partial charge in [0.15, 0.2) is 0 Å². The van der Waals surface area contributed by atoms with E-state index in [-0.39, 0.29) is 17.6 Å². The molecule has 1 amide bonds. The Kier molecular flexibility index (Phi) is 5.40. The number of hydrogen-bond acceptors (Lipinski definition) is 3. The van der Waals surface area contributed by atoms with E-state index < -0.39 is 10.0 Å². The van der Waals surface area contributed by atoms with Crippen molar-refractivity contribution in [1.29, 1.82) is 0 Å². The number of carbonyl (C=O) groups excluding carboxylic acids is 1. The molecular formula is C14H19BrN2O3S. The molecule has 1 N–H and O–H groups in total. The van der Waals surface area contributed by atoms with Crippen LogP contribution in [-0.4, -0.2) is 37.5 Å². The Morgan fingerprint density at radius 2 is 1.95 bits per heavy atom. The summed E-state index contributed by atoms with van der Waals surface area (Å²) in [6.07, 6.45) is 1.13. The molecule has 1 aromatic rings. The third-order valence-corrected chi connectivity index (χ3v) is 6.29. The van der Waals surface area contributed by atoms with Crippen LogP contribution in [0, 0.1) is 5.92 Å². The molecule has 7 heteroatoms. The number of sulfonamides is 1. The normalized spacial score (nSPS) is 17.6. The van der Waals surface area contributed by atoms with Gasteiger partial charge in [0.25, 0.3) is 0 Å². The van der Waals surface area contributed by atoms with Crippen LogP contribution in [0.3, 0.4) is 0 Å². The minimum absolute atomic E-state index is 0.0459. The molecule has 0 unspecified atom stereocenters. The predicted molar refractivity (Wildman–Crippen MR) is 86.5 cm³/mol. The zero-order chi connectivity index (χ0) is 15.5. The van der Waals surface area contributed by atoms with E-state index in [2.05, 4.69) is 21.2 Å². The minimum Gasteiger partial charge on any atom is -0.325 e. The van der Waals surface area contributed by atoms with Gasteiger partial charge in [0, 0.05) is 23.5 Å². The number of nitrogens with zero attached hydrogens (tertiary/aromatic N) is 1. The Morgan fingerprint density at radius 3 is 2.52 bits per heavy atom. The molecule has 0 bridgehead atoms. The fraction of sp³-hybridized carbons (Fsp3) is 0.500. The van der Waals surface area contributed by atoms with E-state index in [1.807, 2.05) is 24.3 Å². The summed E-state index contributed by atoms with van der Waals surface area (Å²) >= 11 is 3.39. The number of rotatable bonds is 4. The van der Waals surface area contributed by atoms with Crippen molar-refractivity contribution in [2.75, 3.05) is 24.2 Å². The first-order valence-corrected chi connectivity index (χ1v) is 9.37. The van der Waals surface area contributed by atoms with Gasteiger partial charge in [-0.25, -0.2) is 12.7 Å². The number of hydrogen-bond donors (Lipinski definition) is 1. The Labute approximate surface area is 133 Å². The van der Waals surface area contributed by atoms with E-state index in [1.165, 1.54) is 4.31 Å². The number of piperidine rings is 1. The molecule has 2 rings (SSSR count). The summed E-state index contributed by atoms with van der Waals surface area (Å²) in [6.45, 7) is 2.48. The lowest BCUT2D eigenvalue weighted by atomic mass is 9.97. The van der Waals surface area contributed by atoms with Gasteiger partial charge in [-0.15, -0.1) is 0 Å². The standard InChI is InChI=1S/C14H19BrN2O3S/c1-2-21(19,20)17-9-7-11(8-10-17)14(18)16-13-6-4-3-5-12(13)15/h3-6,11H,2,7-10H2,1H3,(H,16,18). The number of benzene rings is 1. The molecule has 1 fully saturated rings. The monoisotopic (exact) mass is 374 g/mol. The number of halogens is 1. The maximum atomic E-state index is 12.2. The largest absolute Gasteiger partial charge is 0.325 e. The number of amides is 1. The predicted octanol–water partition coefficient (Wildman–Crippen LogP) is 2.45. The van der Waals surface area contributed by atoms with E-state index in [9.17, 15) is 13.2 Å². The van der Waals surface area contributed by atoms with E-state index in [0.29, 0.717) is 25.9 Å². The summed E-state index contributed by atoms with van der Waals surface area (Å²) in [5, 5.41) is 2.89.